The number of H-pyrrole nitrogens is 1. The van der Waals surface area contributed by atoms with E-state index in [1.165, 1.54) is 4.31 Å². The molecule has 7 heteroatoms. The number of nitrogens with zero attached hydrogens (tertiary/aromatic N) is 2. The Bertz CT molecular complexity index is 558. The van der Waals surface area contributed by atoms with Crippen molar-refractivity contribution in [1.29, 1.82) is 0 Å². The molecule has 0 radical (unpaired) electrons. The predicted octanol–water partition coefficient (Wildman–Crippen LogP) is 3.25. The van der Waals surface area contributed by atoms with E-state index in [9.17, 15) is 4.79 Å². The summed E-state index contributed by atoms with van der Waals surface area (Å²) in [5, 5.41) is 9.57. The molecule has 0 unspecified atom stereocenters. The van der Waals surface area contributed by atoms with Gasteiger partial charge in [-0.25, -0.2) is 9.10 Å². The first-order chi connectivity index (χ1) is 8.58. The predicted molar refractivity (Wildman–Crippen MR) is 75.3 cm³/mol. The Morgan fingerprint density at radius 2 is 2.28 bits per heavy atom. The van der Waals surface area contributed by atoms with Crippen molar-refractivity contribution in [2.45, 2.75) is 6.92 Å². The second-order valence-electron chi connectivity index (χ2n) is 3.63. The molecule has 0 fully saturated rings. The molecule has 1 heterocycles. The van der Waals surface area contributed by atoms with Crippen molar-refractivity contribution in [3.8, 4) is 0 Å². The Labute approximate surface area is 115 Å². The number of anilines is 2. The van der Waals surface area contributed by atoms with Crippen LogP contribution in [0.1, 0.15) is 5.56 Å². The molecule has 5 nitrogen and oxygen atoms in total. The van der Waals surface area contributed by atoms with E-state index in [4.69, 9.17) is 11.6 Å². The van der Waals surface area contributed by atoms with Crippen molar-refractivity contribution in [1.82, 2.24) is 10.2 Å². The van der Waals surface area contributed by atoms with Crippen LogP contribution in [-0.4, -0.2) is 16.2 Å². The zero-order valence-corrected chi connectivity index (χ0v) is 11.2. The van der Waals surface area contributed by atoms with Crippen LogP contribution in [-0.2, 0) is 0 Å². The normalized spacial score (nSPS) is 10.2. The smallest absolute Gasteiger partial charge is 0.290 e. The summed E-state index contributed by atoms with van der Waals surface area (Å²) in [4.78, 5) is 11.9. The SMILES string of the molecule is Cc1ccc(Cl)cc1N(S)C(=O)Nc1cc[nH]n1. The quantitative estimate of drug-likeness (QED) is 0.741. The van der Waals surface area contributed by atoms with Gasteiger partial charge >= 0.3 is 6.03 Å². The average molecular weight is 283 g/mol. The van der Waals surface area contributed by atoms with Crippen LogP contribution in [0, 0.1) is 6.92 Å². The van der Waals surface area contributed by atoms with Gasteiger partial charge < -0.3 is 0 Å². The highest BCUT2D eigenvalue weighted by atomic mass is 35.5. The minimum Gasteiger partial charge on any atom is -0.290 e. The Balaban J connectivity index is 2.17. The largest absolute Gasteiger partial charge is 0.337 e. The highest BCUT2D eigenvalue weighted by Gasteiger charge is 2.15. The molecule has 2 N–H and O–H groups in total. The maximum absolute atomic E-state index is 11.9. The lowest BCUT2D eigenvalue weighted by atomic mass is 10.2. The summed E-state index contributed by atoms with van der Waals surface area (Å²) in [6.45, 7) is 1.87. The minimum atomic E-state index is -0.407. The first-order valence-electron chi connectivity index (χ1n) is 5.14. The fourth-order valence-corrected chi connectivity index (χ4v) is 1.84. The Morgan fingerprint density at radius 3 is 2.94 bits per heavy atom. The summed E-state index contributed by atoms with van der Waals surface area (Å²) in [5.74, 6) is 0.429. The second kappa shape index (κ2) is 5.32. The number of hydrogen-bond acceptors (Lipinski definition) is 3. The van der Waals surface area contributed by atoms with Gasteiger partial charge in [0.2, 0.25) is 0 Å². The number of aromatic amines is 1. The molecular formula is C11H11ClN4OS. The monoisotopic (exact) mass is 282 g/mol. The number of halogens is 1. The van der Waals surface area contributed by atoms with E-state index < -0.39 is 6.03 Å². The van der Waals surface area contributed by atoms with E-state index >= 15 is 0 Å². The van der Waals surface area contributed by atoms with Gasteiger partial charge in [0.1, 0.15) is 0 Å². The molecule has 0 saturated carbocycles. The lowest BCUT2D eigenvalue weighted by Crippen LogP contribution is -2.27. The lowest BCUT2D eigenvalue weighted by Gasteiger charge is -2.18. The molecule has 0 bridgehead atoms. The molecule has 1 aromatic heterocycles. The topological polar surface area (TPSA) is 61.0 Å². The van der Waals surface area contributed by atoms with Crippen molar-refractivity contribution in [2.24, 2.45) is 0 Å². The van der Waals surface area contributed by atoms with Crippen LogP contribution in [0.2, 0.25) is 5.02 Å². The standard InChI is InChI=1S/C11H11ClN4OS/c1-7-2-3-8(12)6-9(7)16(18)11(17)14-10-4-5-13-15-10/h2-6,18H,1H3,(H2,13,14,15,17). The molecule has 0 aliphatic rings. The molecular weight excluding hydrogens is 272 g/mol. The summed E-state index contributed by atoms with van der Waals surface area (Å²) in [5.41, 5.74) is 1.52. The van der Waals surface area contributed by atoms with E-state index in [1.54, 1.807) is 24.4 Å². The van der Waals surface area contributed by atoms with Crippen LogP contribution in [0.4, 0.5) is 16.3 Å². The van der Waals surface area contributed by atoms with Crippen LogP contribution in [0.5, 0.6) is 0 Å². The van der Waals surface area contributed by atoms with E-state index in [0.29, 0.717) is 16.5 Å². The molecule has 0 atom stereocenters. The van der Waals surface area contributed by atoms with Crippen LogP contribution < -0.4 is 9.62 Å². The van der Waals surface area contributed by atoms with Gasteiger partial charge in [-0.15, -0.1) is 0 Å². The molecule has 94 valence electrons. The first kappa shape index (κ1) is 12.8. The maximum Gasteiger partial charge on any atom is 0.337 e. The van der Waals surface area contributed by atoms with Gasteiger partial charge in [-0.2, -0.15) is 5.10 Å². The number of aryl methyl sites for hydroxylation is 1. The average Bonchev–Trinajstić information content (AvgIpc) is 2.84. The van der Waals surface area contributed by atoms with Gasteiger partial charge in [0.25, 0.3) is 0 Å². The molecule has 0 aliphatic carbocycles. The van der Waals surface area contributed by atoms with Crippen molar-refractivity contribution in [3.05, 3.63) is 41.0 Å². The van der Waals surface area contributed by atoms with Gasteiger partial charge in [-0.3, -0.25) is 10.4 Å². The Kier molecular flexibility index (Phi) is 3.78. The zero-order valence-electron chi connectivity index (χ0n) is 9.51. The molecule has 0 saturated heterocycles. The molecule has 2 rings (SSSR count). The highest BCUT2D eigenvalue weighted by molar-refractivity contribution is 7.82. The van der Waals surface area contributed by atoms with Crippen molar-refractivity contribution < 1.29 is 4.79 Å². The third kappa shape index (κ3) is 2.77. The van der Waals surface area contributed by atoms with Crippen LogP contribution in [0.25, 0.3) is 0 Å². The molecule has 0 aliphatic heterocycles. The van der Waals surface area contributed by atoms with Gasteiger partial charge in [0.15, 0.2) is 5.82 Å². The zero-order chi connectivity index (χ0) is 13.1. The summed E-state index contributed by atoms with van der Waals surface area (Å²) < 4.78 is 1.19. The molecule has 1 aromatic carbocycles. The number of amides is 2. The number of nitrogens with one attached hydrogen (secondary N) is 2. The van der Waals surface area contributed by atoms with Crippen molar-refractivity contribution >= 4 is 42.0 Å². The highest BCUT2D eigenvalue weighted by Crippen LogP contribution is 2.26. The molecule has 2 amide bonds. The van der Waals surface area contributed by atoms with Crippen LogP contribution >= 0.6 is 24.4 Å². The summed E-state index contributed by atoms with van der Waals surface area (Å²) in [6, 6.07) is 6.49. The second-order valence-corrected chi connectivity index (χ2v) is 4.47. The molecule has 18 heavy (non-hydrogen) atoms. The molecule has 2 aromatic rings. The van der Waals surface area contributed by atoms with Crippen molar-refractivity contribution in [3.63, 3.8) is 0 Å². The maximum atomic E-state index is 11.9. The number of hydrogen-bond donors (Lipinski definition) is 3. The number of carbonyl (C=O) groups excluding carboxylic acids is 1. The van der Waals surface area contributed by atoms with E-state index in [-0.39, 0.29) is 0 Å². The van der Waals surface area contributed by atoms with Crippen LogP contribution in [0.3, 0.4) is 0 Å². The number of benzene rings is 1. The third-order valence-corrected chi connectivity index (χ3v) is 2.96. The lowest BCUT2D eigenvalue weighted by molar-refractivity contribution is 0.260. The van der Waals surface area contributed by atoms with Crippen LogP contribution in [0.15, 0.2) is 30.5 Å². The summed E-state index contributed by atoms with van der Waals surface area (Å²) in [7, 11) is 0. The van der Waals surface area contributed by atoms with Crippen molar-refractivity contribution in [2.75, 3.05) is 9.62 Å². The number of thiol groups is 1. The summed E-state index contributed by atoms with van der Waals surface area (Å²) in [6.07, 6.45) is 1.61. The van der Waals surface area contributed by atoms with E-state index in [1.807, 2.05) is 13.0 Å². The first-order valence-corrected chi connectivity index (χ1v) is 5.91. The van der Waals surface area contributed by atoms with Gasteiger partial charge in [0, 0.05) is 17.3 Å². The number of rotatable bonds is 2. The van der Waals surface area contributed by atoms with E-state index in [0.717, 1.165) is 5.56 Å². The fourth-order valence-electron chi connectivity index (χ4n) is 1.41. The van der Waals surface area contributed by atoms with Gasteiger partial charge in [-0.05, 0) is 24.6 Å². The van der Waals surface area contributed by atoms with Gasteiger partial charge in [-0.1, -0.05) is 30.5 Å². The van der Waals surface area contributed by atoms with Gasteiger partial charge in [0.05, 0.1) is 5.69 Å². The Hall–Kier alpha value is -1.66. The number of urea groups is 1. The number of aromatic nitrogens is 2. The fraction of sp³-hybridized carbons (Fsp3) is 0.0909. The summed E-state index contributed by atoms with van der Waals surface area (Å²) >= 11 is 10.1. The molecule has 0 spiro atoms. The van der Waals surface area contributed by atoms with E-state index in [2.05, 4.69) is 28.3 Å². The minimum absolute atomic E-state index is 0.407. The third-order valence-electron chi connectivity index (χ3n) is 2.33. The Morgan fingerprint density at radius 1 is 1.50 bits per heavy atom. The number of carbonyl (C=O) groups is 1.